The van der Waals surface area contributed by atoms with Crippen LogP contribution in [0, 0.1) is 0 Å². The van der Waals surface area contributed by atoms with Crippen LogP contribution in [0.5, 0.6) is 0 Å². The van der Waals surface area contributed by atoms with Crippen molar-refractivity contribution >= 4 is 23.4 Å². The fourth-order valence-corrected chi connectivity index (χ4v) is 1.91. The van der Waals surface area contributed by atoms with E-state index < -0.39 is 5.97 Å². The molecule has 0 unspecified atom stereocenters. The van der Waals surface area contributed by atoms with Gasteiger partial charge in [-0.25, -0.2) is 14.8 Å². The molecule has 0 aromatic carbocycles. The maximum atomic E-state index is 11.3. The second-order valence-corrected chi connectivity index (χ2v) is 5.32. The lowest BCUT2D eigenvalue weighted by Gasteiger charge is -2.20. The van der Waals surface area contributed by atoms with Crippen LogP contribution >= 0.6 is 11.8 Å². The van der Waals surface area contributed by atoms with Gasteiger partial charge in [0.2, 0.25) is 0 Å². The third kappa shape index (κ3) is 3.60. The molecule has 1 aromatic rings. The fraction of sp³-hybridized carbons (Fsp3) is 0.583. The van der Waals surface area contributed by atoms with Crippen molar-refractivity contribution in [2.24, 2.45) is 0 Å². The van der Waals surface area contributed by atoms with Gasteiger partial charge in [-0.15, -0.1) is 0 Å². The monoisotopic (exact) mass is 269 g/mol. The molecule has 0 fully saturated rings. The van der Waals surface area contributed by atoms with Gasteiger partial charge >= 0.3 is 5.97 Å². The molecule has 0 spiro atoms. The van der Waals surface area contributed by atoms with Crippen LogP contribution in [0.1, 0.15) is 36.1 Å². The number of carbonyl (C=O) groups is 1. The van der Waals surface area contributed by atoms with Crippen molar-refractivity contribution in [1.82, 2.24) is 9.97 Å². The summed E-state index contributed by atoms with van der Waals surface area (Å²) in [6.07, 6.45) is 3.62. The first kappa shape index (κ1) is 14.8. The number of anilines is 1. The minimum atomic E-state index is -1.01. The SMILES string of the molecule is CSCCN(C)c1cnc(C(C)C)nc1C(=O)O. The lowest BCUT2D eigenvalue weighted by molar-refractivity contribution is 0.0690. The highest BCUT2D eigenvalue weighted by Gasteiger charge is 2.18. The van der Waals surface area contributed by atoms with Crippen molar-refractivity contribution < 1.29 is 9.90 Å². The zero-order chi connectivity index (χ0) is 13.7. The van der Waals surface area contributed by atoms with Crippen molar-refractivity contribution in [2.45, 2.75) is 19.8 Å². The molecule has 1 heterocycles. The smallest absolute Gasteiger partial charge is 0.356 e. The Morgan fingerprint density at radius 1 is 1.56 bits per heavy atom. The summed E-state index contributed by atoms with van der Waals surface area (Å²) in [6, 6.07) is 0. The minimum absolute atomic E-state index is 0.0808. The van der Waals surface area contributed by atoms with E-state index in [0.29, 0.717) is 11.5 Å². The Morgan fingerprint density at radius 3 is 2.72 bits per heavy atom. The van der Waals surface area contributed by atoms with Crippen LogP contribution in [0.15, 0.2) is 6.20 Å². The van der Waals surface area contributed by atoms with Crippen molar-refractivity contribution in [3.05, 3.63) is 17.7 Å². The number of thioether (sulfide) groups is 1. The predicted molar refractivity (Wildman–Crippen MR) is 74.7 cm³/mol. The summed E-state index contributed by atoms with van der Waals surface area (Å²) < 4.78 is 0. The molecule has 0 saturated carbocycles. The highest BCUT2D eigenvalue weighted by atomic mass is 32.2. The first-order valence-corrected chi connectivity index (χ1v) is 7.17. The second kappa shape index (κ2) is 6.58. The summed E-state index contributed by atoms with van der Waals surface area (Å²) in [7, 11) is 1.86. The lowest BCUT2D eigenvalue weighted by atomic mass is 10.2. The van der Waals surface area contributed by atoms with Crippen LogP contribution in [0.25, 0.3) is 0 Å². The Balaban J connectivity index is 3.07. The average Bonchev–Trinajstić information content (AvgIpc) is 2.34. The molecule has 100 valence electrons. The number of aromatic nitrogens is 2. The summed E-state index contributed by atoms with van der Waals surface area (Å²) >= 11 is 1.72. The summed E-state index contributed by atoms with van der Waals surface area (Å²) in [4.78, 5) is 21.5. The van der Waals surface area contributed by atoms with E-state index in [1.165, 1.54) is 0 Å². The highest BCUT2D eigenvalue weighted by molar-refractivity contribution is 7.98. The van der Waals surface area contributed by atoms with Crippen LogP contribution in [0.2, 0.25) is 0 Å². The zero-order valence-corrected chi connectivity index (χ0v) is 12.0. The number of aromatic carboxylic acids is 1. The molecule has 1 N–H and O–H groups in total. The molecule has 0 amide bonds. The van der Waals surface area contributed by atoms with Crippen LogP contribution < -0.4 is 4.90 Å². The Morgan fingerprint density at radius 2 is 2.22 bits per heavy atom. The van der Waals surface area contributed by atoms with Gasteiger partial charge in [-0.1, -0.05) is 13.8 Å². The van der Waals surface area contributed by atoms with Crippen molar-refractivity contribution in [1.29, 1.82) is 0 Å². The van der Waals surface area contributed by atoms with Crippen molar-refractivity contribution in [2.75, 3.05) is 30.5 Å². The van der Waals surface area contributed by atoms with E-state index in [2.05, 4.69) is 9.97 Å². The molecule has 1 rings (SSSR count). The van der Waals surface area contributed by atoms with Crippen LogP contribution in [0.3, 0.4) is 0 Å². The summed E-state index contributed by atoms with van der Waals surface area (Å²) in [6.45, 7) is 4.65. The minimum Gasteiger partial charge on any atom is -0.476 e. The van der Waals surface area contributed by atoms with E-state index in [4.69, 9.17) is 0 Å². The summed E-state index contributed by atoms with van der Waals surface area (Å²) in [5, 5.41) is 9.22. The van der Waals surface area contributed by atoms with Gasteiger partial charge in [-0.3, -0.25) is 0 Å². The third-order valence-corrected chi connectivity index (χ3v) is 3.14. The van der Waals surface area contributed by atoms with Crippen LogP contribution in [-0.2, 0) is 0 Å². The number of rotatable bonds is 6. The Labute approximate surface area is 112 Å². The maximum Gasteiger partial charge on any atom is 0.356 e. The van der Waals surface area contributed by atoms with Gasteiger partial charge in [-0.2, -0.15) is 11.8 Å². The van der Waals surface area contributed by atoms with Gasteiger partial charge in [-0.05, 0) is 6.26 Å². The molecule has 0 aliphatic rings. The number of hydrogen-bond acceptors (Lipinski definition) is 5. The fourth-order valence-electron chi connectivity index (χ4n) is 1.45. The van der Waals surface area contributed by atoms with Crippen LogP contribution in [0.4, 0.5) is 5.69 Å². The second-order valence-electron chi connectivity index (χ2n) is 4.34. The molecule has 0 atom stereocenters. The maximum absolute atomic E-state index is 11.3. The van der Waals surface area contributed by atoms with Crippen molar-refractivity contribution in [3.8, 4) is 0 Å². The number of carboxylic acid groups (broad SMARTS) is 1. The van der Waals surface area contributed by atoms with Crippen LogP contribution in [-0.4, -0.2) is 46.6 Å². The van der Waals surface area contributed by atoms with Gasteiger partial charge in [0.1, 0.15) is 5.82 Å². The summed E-state index contributed by atoms with van der Waals surface area (Å²) in [5.74, 6) is 0.606. The first-order chi connectivity index (χ1) is 8.47. The van der Waals surface area contributed by atoms with E-state index in [1.54, 1.807) is 18.0 Å². The molecular formula is C12H19N3O2S. The Kier molecular flexibility index (Phi) is 5.40. The average molecular weight is 269 g/mol. The molecule has 1 aromatic heterocycles. The van der Waals surface area contributed by atoms with Gasteiger partial charge in [0.15, 0.2) is 5.69 Å². The Hall–Kier alpha value is -1.30. The lowest BCUT2D eigenvalue weighted by Crippen LogP contribution is -2.24. The standard InChI is InChI=1S/C12H19N3O2S/c1-8(2)11-13-7-9(10(14-11)12(16)17)15(3)5-6-18-4/h7-8H,5-6H2,1-4H3,(H,16,17). The van der Waals surface area contributed by atoms with Gasteiger partial charge < -0.3 is 10.0 Å². The normalized spacial score (nSPS) is 10.7. The molecule has 0 aliphatic carbocycles. The Bertz CT molecular complexity index is 424. The molecule has 0 saturated heterocycles. The van der Waals surface area contributed by atoms with Gasteiger partial charge in [0.05, 0.1) is 11.9 Å². The number of nitrogens with zero attached hydrogens (tertiary/aromatic N) is 3. The van der Waals surface area contributed by atoms with E-state index >= 15 is 0 Å². The van der Waals surface area contributed by atoms with Gasteiger partial charge in [0, 0.05) is 25.3 Å². The van der Waals surface area contributed by atoms with E-state index in [0.717, 1.165) is 12.3 Å². The third-order valence-electron chi connectivity index (χ3n) is 2.55. The molecule has 0 aliphatic heterocycles. The zero-order valence-electron chi connectivity index (χ0n) is 11.2. The van der Waals surface area contributed by atoms with E-state index in [1.807, 2.05) is 32.1 Å². The molecular weight excluding hydrogens is 250 g/mol. The molecule has 18 heavy (non-hydrogen) atoms. The molecule has 0 bridgehead atoms. The molecule has 5 nitrogen and oxygen atoms in total. The van der Waals surface area contributed by atoms with Crippen molar-refractivity contribution in [3.63, 3.8) is 0 Å². The molecule has 6 heteroatoms. The predicted octanol–water partition coefficient (Wildman–Crippen LogP) is 2.10. The summed E-state index contributed by atoms with van der Waals surface area (Å²) in [5.41, 5.74) is 0.651. The molecule has 0 radical (unpaired) electrons. The highest BCUT2D eigenvalue weighted by Crippen LogP contribution is 2.19. The number of hydrogen-bond donors (Lipinski definition) is 1. The van der Waals surface area contributed by atoms with E-state index in [-0.39, 0.29) is 11.6 Å². The quantitative estimate of drug-likeness (QED) is 0.853. The van der Waals surface area contributed by atoms with E-state index in [9.17, 15) is 9.90 Å². The largest absolute Gasteiger partial charge is 0.476 e. The number of carboxylic acids is 1. The van der Waals surface area contributed by atoms with Gasteiger partial charge in [0.25, 0.3) is 0 Å². The topological polar surface area (TPSA) is 66.3 Å². The first-order valence-electron chi connectivity index (χ1n) is 5.77.